The third-order valence-corrected chi connectivity index (χ3v) is 5.65. The first kappa shape index (κ1) is 20.8. The number of hydrogen-bond acceptors (Lipinski definition) is 5. The zero-order chi connectivity index (χ0) is 21.0. The highest BCUT2D eigenvalue weighted by atomic mass is 32.2. The van der Waals surface area contributed by atoms with E-state index in [0.29, 0.717) is 17.1 Å². The number of hydrogen-bond donors (Lipinski definition) is 1. The molecule has 0 radical (unpaired) electrons. The van der Waals surface area contributed by atoms with E-state index in [9.17, 15) is 17.8 Å². The van der Waals surface area contributed by atoms with Crippen molar-refractivity contribution >= 4 is 26.9 Å². The number of rotatable bonds is 7. The number of esters is 1. The Hall–Kier alpha value is -2.90. The second-order valence-electron chi connectivity index (χ2n) is 6.73. The van der Waals surface area contributed by atoms with Crippen molar-refractivity contribution in [3.63, 3.8) is 0 Å². The van der Waals surface area contributed by atoms with Crippen LogP contribution in [-0.2, 0) is 14.9 Å². The van der Waals surface area contributed by atoms with Gasteiger partial charge in [-0.3, -0.25) is 4.55 Å². The molecule has 1 atom stereocenters. The molecule has 0 aliphatic rings. The van der Waals surface area contributed by atoms with E-state index in [1.165, 1.54) is 18.2 Å². The molecule has 0 amide bonds. The average molecular weight is 414 g/mol. The number of ether oxygens (including phenoxy) is 2. The summed E-state index contributed by atoms with van der Waals surface area (Å²) in [6, 6.07) is 16.6. The Morgan fingerprint density at radius 2 is 1.76 bits per heavy atom. The van der Waals surface area contributed by atoms with Crippen molar-refractivity contribution in [3.05, 3.63) is 66.2 Å². The maximum absolute atomic E-state index is 12.3. The van der Waals surface area contributed by atoms with Crippen LogP contribution in [0.5, 0.6) is 11.5 Å². The summed E-state index contributed by atoms with van der Waals surface area (Å²) in [4.78, 5) is 12.0. The predicted octanol–water partition coefficient (Wildman–Crippen LogP) is 4.58. The number of carbonyl (C=O) groups is 1. The van der Waals surface area contributed by atoms with Gasteiger partial charge in [0.1, 0.15) is 16.4 Å². The summed E-state index contributed by atoms with van der Waals surface area (Å²) in [5.74, 6) is 0.531. The Bertz CT molecular complexity index is 1140. The normalized spacial score (nSPS) is 12.5. The molecule has 152 valence electrons. The molecule has 0 aliphatic heterocycles. The highest BCUT2D eigenvalue weighted by molar-refractivity contribution is 7.86. The van der Waals surface area contributed by atoms with Crippen LogP contribution in [0.25, 0.3) is 10.8 Å². The van der Waals surface area contributed by atoms with Crippen molar-refractivity contribution in [1.29, 1.82) is 0 Å². The lowest BCUT2D eigenvalue weighted by molar-refractivity contribution is -0.136. The molecule has 3 rings (SSSR count). The molecule has 0 heterocycles. The number of fused-ring (bicyclic) bond motifs is 1. The van der Waals surface area contributed by atoms with E-state index in [1.54, 1.807) is 24.3 Å². The molecule has 6 nitrogen and oxygen atoms in total. The summed E-state index contributed by atoms with van der Waals surface area (Å²) in [6.07, 6.45) is 0.998. The Balaban J connectivity index is 1.76. The van der Waals surface area contributed by atoms with Gasteiger partial charge in [-0.05, 0) is 42.2 Å². The van der Waals surface area contributed by atoms with Gasteiger partial charge in [0.2, 0.25) is 0 Å². The minimum Gasteiger partial charge on any atom is -0.482 e. The van der Waals surface area contributed by atoms with Crippen LogP contribution in [-0.4, -0.2) is 25.5 Å². The van der Waals surface area contributed by atoms with Gasteiger partial charge < -0.3 is 9.47 Å². The SMILES string of the molecule is CCC(C)c1cccc(OCC(=O)Oc2ccc(S(=O)(=O)O)c3ccccc23)c1. The van der Waals surface area contributed by atoms with Gasteiger partial charge in [0.15, 0.2) is 6.61 Å². The van der Waals surface area contributed by atoms with Crippen LogP contribution in [0.4, 0.5) is 0 Å². The molecule has 0 aromatic heterocycles. The zero-order valence-corrected chi connectivity index (χ0v) is 17.0. The highest BCUT2D eigenvalue weighted by Gasteiger charge is 2.17. The van der Waals surface area contributed by atoms with E-state index in [2.05, 4.69) is 13.8 Å². The maximum Gasteiger partial charge on any atom is 0.349 e. The van der Waals surface area contributed by atoms with Crippen molar-refractivity contribution in [2.45, 2.75) is 31.1 Å². The lowest BCUT2D eigenvalue weighted by Crippen LogP contribution is -2.18. The summed E-state index contributed by atoms with van der Waals surface area (Å²) in [5.41, 5.74) is 1.13. The van der Waals surface area contributed by atoms with Gasteiger partial charge in [-0.1, -0.05) is 50.2 Å². The van der Waals surface area contributed by atoms with Gasteiger partial charge in [0, 0.05) is 10.8 Å². The Morgan fingerprint density at radius 1 is 1.03 bits per heavy atom. The highest BCUT2D eigenvalue weighted by Crippen LogP contribution is 2.31. The molecule has 7 heteroatoms. The van der Waals surface area contributed by atoms with E-state index < -0.39 is 16.1 Å². The molecule has 1 unspecified atom stereocenters. The van der Waals surface area contributed by atoms with Crippen LogP contribution in [0.2, 0.25) is 0 Å². The van der Waals surface area contributed by atoms with E-state index in [0.717, 1.165) is 12.0 Å². The quantitative estimate of drug-likeness (QED) is 0.346. The van der Waals surface area contributed by atoms with Gasteiger partial charge in [0.05, 0.1) is 0 Å². The maximum atomic E-state index is 12.3. The van der Waals surface area contributed by atoms with Gasteiger partial charge >= 0.3 is 5.97 Å². The first-order chi connectivity index (χ1) is 13.8. The second kappa shape index (κ2) is 8.63. The summed E-state index contributed by atoms with van der Waals surface area (Å²) in [7, 11) is -4.40. The standard InChI is InChI=1S/C22H22O6S/c1-3-15(2)16-7-6-8-17(13-16)27-14-22(23)28-20-11-12-21(29(24,25)26)19-10-5-4-9-18(19)20/h4-13,15H,3,14H2,1-2H3,(H,24,25,26). The molecule has 0 aliphatic carbocycles. The summed E-state index contributed by atoms with van der Waals surface area (Å²) in [6.45, 7) is 3.93. The van der Waals surface area contributed by atoms with Crippen molar-refractivity contribution in [2.75, 3.05) is 6.61 Å². The molecule has 3 aromatic rings. The molecule has 29 heavy (non-hydrogen) atoms. The fraction of sp³-hybridized carbons (Fsp3) is 0.227. The zero-order valence-electron chi connectivity index (χ0n) is 16.2. The molecule has 0 bridgehead atoms. The van der Waals surface area contributed by atoms with Gasteiger partial charge in [0.25, 0.3) is 10.1 Å². The lowest BCUT2D eigenvalue weighted by atomic mass is 9.99. The molecular weight excluding hydrogens is 392 g/mol. The largest absolute Gasteiger partial charge is 0.482 e. The Labute approximate surface area is 169 Å². The number of carbonyl (C=O) groups excluding carboxylic acids is 1. The molecule has 1 N–H and O–H groups in total. The summed E-state index contributed by atoms with van der Waals surface area (Å²) in [5, 5.41) is 0.664. The third kappa shape index (κ3) is 4.93. The van der Waals surface area contributed by atoms with Crippen molar-refractivity contribution in [1.82, 2.24) is 0 Å². The Morgan fingerprint density at radius 3 is 2.45 bits per heavy atom. The monoisotopic (exact) mass is 414 g/mol. The Kier molecular flexibility index (Phi) is 6.20. The number of benzene rings is 3. The first-order valence-electron chi connectivity index (χ1n) is 9.22. The van der Waals surface area contributed by atoms with Gasteiger partial charge in [-0.25, -0.2) is 4.79 Å². The van der Waals surface area contributed by atoms with E-state index in [4.69, 9.17) is 9.47 Å². The molecule has 0 spiro atoms. The van der Waals surface area contributed by atoms with Crippen LogP contribution < -0.4 is 9.47 Å². The van der Waals surface area contributed by atoms with Crippen LogP contribution in [0.15, 0.2) is 65.6 Å². The molecular formula is C22H22O6S. The summed E-state index contributed by atoms with van der Waals surface area (Å²) < 4.78 is 43.5. The molecule has 0 saturated heterocycles. The second-order valence-corrected chi connectivity index (χ2v) is 8.12. The topological polar surface area (TPSA) is 89.9 Å². The van der Waals surface area contributed by atoms with Crippen LogP contribution >= 0.6 is 0 Å². The van der Waals surface area contributed by atoms with Crippen molar-refractivity contribution in [2.24, 2.45) is 0 Å². The molecule has 0 fully saturated rings. The fourth-order valence-electron chi connectivity index (χ4n) is 3.00. The smallest absolute Gasteiger partial charge is 0.349 e. The summed E-state index contributed by atoms with van der Waals surface area (Å²) >= 11 is 0. The van der Waals surface area contributed by atoms with Crippen LogP contribution in [0, 0.1) is 0 Å². The van der Waals surface area contributed by atoms with Gasteiger partial charge in [-0.15, -0.1) is 0 Å². The first-order valence-corrected chi connectivity index (χ1v) is 10.7. The third-order valence-electron chi connectivity index (χ3n) is 4.74. The minimum absolute atomic E-state index is 0.190. The fourth-order valence-corrected chi connectivity index (χ4v) is 3.69. The van der Waals surface area contributed by atoms with Crippen LogP contribution in [0.1, 0.15) is 31.7 Å². The average Bonchev–Trinajstić information content (AvgIpc) is 2.71. The minimum atomic E-state index is -4.40. The van der Waals surface area contributed by atoms with Crippen molar-refractivity contribution < 1.29 is 27.2 Å². The predicted molar refractivity (Wildman–Crippen MR) is 110 cm³/mol. The molecule has 0 saturated carbocycles. The molecule has 3 aromatic carbocycles. The van der Waals surface area contributed by atoms with Crippen molar-refractivity contribution in [3.8, 4) is 11.5 Å². The van der Waals surface area contributed by atoms with E-state index >= 15 is 0 Å². The van der Waals surface area contributed by atoms with Crippen LogP contribution in [0.3, 0.4) is 0 Å². The van der Waals surface area contributed by atoms with E-state index in [-0.39, 0.29) is 22.6 Å². The van der Waals surface area contributed by atoms with Gasteiger partial charge in [-0.2, -0.15) is 8.42 Å². The van der Waals surface area contributed by atoms with E-state index in [1.807, 2.05) is 18.2 Å². The lowest BCUT2D eigenvalue weighted by Gasteiger charge is -2.12.